The molecule has 118 valence electrons. The van der Waals surface area contributed by atoms with Crippen molar-refractivity contribution < 1.29 is 0 Å². The van der Waals surface area contributed by atoms with Crippen molar-refractivity contribution in [2.24, 2.45) is 5.73 Å². The molecule has 0 bridgehead atoms. The van der Waals surface area contributed by atoms with Crippen LogP contribution in [0.3, 0.4) is 0 Å². The molecule has 1 atom stereocenters. The summed E-state index contributed by atoms with van der Waals surface area (Å²) in [6, 6.07) is 18.9. The lowest BCUT2D eigenvalue weighted by atomic mass is 10.0. The maximum atomic E-state index is 6.18. The van der Waals surface area contributed by atoms with E-state index in [-0.39, 0.29) is 6.04 Å². The number of aromatic amines is 1. The van der Waals surface area contributed by atoms with Gasteiger partial charge in [0.2, 0.25) is 0 Å². The Hall–Kier alpha value is -2.39. The summed E-state index contributed by atoms with van der Waals surface area (Å²) in [6.07, 6.45) is 5.19. The van der Waals surface area contributed by atoms with Crippen molar-refractivity contribution >= 4 is 0 Å². The summed E-state index contributed by atoms with van der Waals surface area (Å²) in [5.41, 5.74) is 10.7. The fraction of sp³-hybridized carbons (Fsp3) is 0.250. The van der Waals surface area contributed by atoms with Gasteiger partial charge in [-0.2, -0.15) is 0 Å². The Morgan fingerprint density at radius 3 is 2.30 bits per heavy atom. The van der Waals surface area contributed by atoms with Crippen molar-refractivity contribution in [1.82, 2.24) is 9.97 Å². The fourth-order valence-corrected chi connectivity index (χ4v) is 2.70. The summed E-state index contributed by atoms with van der Waals surface area (Å²) >= 11 is 0. The third kappa shape index (κ3) is 3.69. The van der Waals surface area contributed by atoms with Crippen LogP contribution in [-0.4, -0.2) is 9.97 Å². The first-order valence-corrected chi connectivity index (χ1v) is 8.24. The van der Waals surface area contributed by atoms with Crippen LogP contribution in [0.1, 0.15) is 38.1 Å². The molecule has 0 saturated carbocycles. The first-order valence-electron chi connectivity index (χ1n) is 8.24. The van der Waals surface area contributed by atoms with E-state index in [1.165, 1.54) is 11.1 Å². The van der Waals surface area contributed by atoms with Crippen LogP contribution in [-0.2, 0) is 0 Å². The zero-order chi connectivity index (χ0) is 16.1. The molecule has 0 fully saturated rings. The number of unbranched alkanes of at least 4 members (excludes halogenated alkanes) is 1. The predicted molar refractivity (Wildman–Crippen MR) is 95.9 cm³/mol. The second-order valence-corrected chi connectivity index (χ2v) is 5.86. The highest BCUT2D eigenvalue weighted by Gasteiger charge is 2.11. The highest BCUT2D eigenvalue weighted by atomic mass is 15.0. The normalized spacial score (nSPS) is 12.3. The summed E-state index contributed by atoms with van der Waals surface area (Å²) in [5.74, 6) is 0.876. The first kappa shape index (κ1) is 15.5. The van der Waals surface area contributed by atoms with E-state index < -0.39 is 0 Å². The second kappa shape index (κ2) is 7.25. The molecule has 0 spiro atoms. The van der Waals surface area contributed by atoms with E-state index in [4.69, 9.17) is 5.73 Å². The SMILES string of the molecule is CCCC[C@H](N)c1nc(-c2ccc(-c3ccccc3)cc2)c[nH]1. The number of aromatic nitrogens is 2. The summed E-state index contributed by atoms with van der Waals surface area (Å²) in [7, 11) is 0. The van der Waals surface area contributed by atoms with Gasteiger partial charge in [0.05, 0.1) is 11.7 Å². The lowest BCUT2D eigenvalue weighted by Crippen LogP contribution is -2.11. The summed E-state index contributed by atoms with van der Waals surface area (Å²) in [5, 5.41) is 0. The Labute approximate surface area is 137 Å². The molecule has 2 aromatic carbocycles. The second-order valence-electron chi connectivity index (χ2n) is 5.86. The third-order valence-electron chi connectivity index (χ3n) is 4.11. The number of hydrogen-bond donors (Lipinski definition) is 2. The monoisotopic (exact) mass is 305 g/mol. The Morgan fingerprint density at radius 1 is 0.957 bits per heavy atom. The molecule has 0 unspecified atom stereocenters. The standard InChI is InChI=1S/C20H23N3/c1-2-3-9-18(21)20-22-14-19(23-20)17-12-10-16(11-13-17)15-7-5-4-6-8-15/h4-8,10-14,18H,2-3,9,21H2,1H3,(H,22,23)/t18-/m0/s1. The van der Waals surface area contributed by atoms with Crippen LogP contribution < -0.4 is 5.73 Å². The minimum atomic E-state index is -0.00714. The van der Waals surface area contributed by atoms with Crippen molar-refractivity contribution in [3.63, 3.8) is 0 Å². The Morgan fingerprint density at radius 2 is 1.61 bits per heavy atom. The van der Waals surface area contributed by atoms with Gasteiger partial charge >= 0.3 is 0 Å². The van der Waals surface area contributed by atoms with E-state index in [2.05, 4.69) is 65.4 Å². The summed E-state index contributed by atoms with van der Waals surface area (Å²) in [4.78, 5) is 7.88. The van der Waals surface area contributed by atoms with Crippen LogP contribution in [0, 0.1) is 0 Å². The van der Waals surface area contributed by atoms with Crippen molar-refractivity contribution in [2.75, 3.05) is 0 Å². The van der Waals surface area contributed by atoms with E-state index in [1.54, 1.807) is 0 Å². The molecule has 23 heavy (non-hydrogen) atoms. The number of rotatable bonds is 6. The molecule has 3 N–H and O–H groups in total. The first-order chi connectivity index (χ1) is 11.3. The van der Waals surface area contributed by atoms with Gasteiger partial charge in [-0.05, 0) is 17.5 Å². The van der Waals surface area contributed by atoms with Gasteiger partial charge in [-0.15, -0.1) is 0 Å². The van der Waals surface area contributed by atoms with Crippen LogP contribution in [0.5, 0.6) is 0 Å². The molecule has 0 amide bonds. The third-order valence-corrected chi connectivity index (χ3v) is 4.11. The number of nitrogens with two attached hydrogens (primary N) is 1. The molecule has 1 aromatic heterocycles. The summed E-state index contributed by atoms with van der Waals surface area (Å²) < 4.78 is 0. The number of nitrogens with one attached hydrogen (secondary N) is 1. The molecule has 1 heterocycles. The zero-order valence-corrected chi connectivity index (χ0v) is 13.5. The largest absolute Gasteiger partial charge is 0.347 e. The number of benzene rings is 2. The van der Waals surface area contributed by atoms with Gasteiger partial charge < -0.3 is 10.7 Å². The molecule has 0 aliphatic heterocycles. The summed E-state index contributed by atoms with van der Waals surface area (Å²) in [6.45, 7) is 2.18. The lowest BCUT2D eigenvalue weighted by Gasteiger charge is -2.07. The molecule has 0 aliphatic carbocycles. The molecule has 3 aromatic rings. The van der Waals surface area contributed by atoms with E-state index >= 15 is 0 Å². The Kier molecular flexibility index (Phi) is 4.89. The molecule has 3 nitrogen and oxygen atoms in total. The van der Waals surface area contributed by atoms with Gasteiger partial charge in [0.1, 0.15) is 5.82 Å². The quantitative estimate of drug-likeness (QED) is 0.678. The van der Waals surface area contributed by atoms with Crippen molar-refractivity contribution in [1.29, 1.82) is 0 Å². The number of nitrogens with zero attached hydrogens (tertiary/aromatic N) is 1. The van der Waals surface area contributed by atoms with Crippen LogP contribution >= 0.6 is 0 Å². The van der Waals surface area contributed by atoms with Gasteiger partial charge in [0.15, 0.2) is 0 Å². The molecule has 3 heteroatoms. The van der Waals surface area contributed by atoms with Crippen LogP contribution in [0.2, 0.25) is 0 Å². The fourth-order valence-electron chi connectivity index (χ4n) is 2.70. The van der Waals surface area contributed by atoms with E-state index in [0.29, 0.717) is 0 Å². The Bertz CT molecular complexity index is 729. The van der Waals surface area contributed by atoms with Crippen LogP contribution in [0.25, 0.3) is 22.4 Å². The molecular formula is C20H23N3. The smallest absolute Gasteiger partial charge is 0.123 e. The molecule has 3 rings (SSSR count). The average Bonchev–Trinajstić information content (AvgIpc) is 3.11. The van der Waals surface area contributed by atoms with Gasteiger partial charge in [0, 0.05) is 11.8 Å². The van der Waals surface area contributed by atoms with Gasteiger partial charge in [-0.1, -0.05) is 74.4 Å². The highest BCUT2D eigenvalue weighted by Crippen LogP contribution is 2.25. The molecule has 0 radical (unpaired) electrons. The number of hydrogen-bond acceptors (Lipinski definition) is 2. The molecule has 0 saturated heterocycles. The average molecular weight is 305 g/mol. The van der Waals surface area contributed by atoms with Crippen molar-refractivity contribution in [3.8, 4) is 22.4 Å². The lowest BCUT2D eigenvalue weighted by molar-refractivity contribution is 0.580. The van der Waals surface area contributed by atoms with Gasteiger partial charge in [-0.25, -0.2) is 4.98 Å². The molecular weight excluding hydrogens is 282 g/mol. The maximum Gasteiger partial charge on any atom is 0.123 e. The number of imidazole rings is 1. The van der Waals surface area contributed by atoms with Crippen molar-refractivity contribution in [3.05, 3.63) is 66.6 Å². The van der Waals surface area contributed by atoms with Gasteiger partial charge in [0.25, 0.3) is 0 Å². The number of H-pyrrole nitrogens is 1. The van der Waals surface area contributed by atoms with Crippen LogP contribution in [0.15, 0.2) is 60.8 Å². The van der Waals surface area contributed by atoms with E-state index in [9.17, 15) is 0 Å². The van der Waals surface area contributed by atoms with Crippen molar-refractivity contribution in [2.45, 2.75) is 32.2 Å². The van der Waals surface area contributed by atoms with Gasteiger partial charge in [-0.3, -0.25) is 0 Å². The van der Waals surface area contributed by atoms with E-state index in [0.717, 1.165) is 36.3 Å². The Balaban J connectivity index is 1.76. The zero-order valence-electron chi connectivity index (χ0n) is 13.5. The minimum Gasteiger partial charge on any atom is -0.347 e. The minimum absolute atomic E-state index is 0.00714. The van der Waals surface area contributed by atoms with Crippen LogP contribution in [0.4, 0.5) is 0 Å². The van der Waals surface area contributed by atoms with E-state index in [1.807, 2.05) is 12.3 Å². The highest BCUT2D eigenvalue weighted by molar-refractivity contribution is 5.68. The predicted octanol–water partition coefficient (Wildman–Crippen LogP) is 4.93. The molecule has 0 aliphatic rings. The topological polar surface area (TPSA) is 54.7 Å². The maximum absolute atomic E-state index is 6.18.